The lowest BCUT2D eigenvalue weighted by Crippen LogP contribution is -1.91. The Balaban J connectivity index is 1.85. The SMILES string of the molecule is CC(N=Cc1ccccc1)c1ccc2ccccc2c1. The molecule has 20 heavy (non-hydrogen) atoms. The average molecular weight is 259 g/mol. The van der Waals surface area contributed by atoms with Gasteiger partial charge in [0.2, 0.25) is 0 Å². The summed E-state index contributed by atoms with van der Waals surface area (Å²) in [6, 6.07) is 25.4. The second kappa shape index (κ2) is 5.70. The van der Waals surface area contributed by atoms with Crippen LogP contribution in [0.2, 0.25) is 0 Å². The molecule has 1 atom stereocenters. The van der Waals surface area contributed by atoms with Gasteiger partial charge >= 0.3 is 0 Å². The van der Waals surface area contributed by atoms with E-state index in [0.717, 1.165) is 5.56 Å². The maximum atomic E-state index is 4.65. The molecule has 0 fully saturated rings. The summed E-state index contributed by atoms with van der Waals surface area (Å²) >= 11 is 0. The lowest BCUT2D eigenvalue weighted by molar-refractivity contribution is 0.827. The van der Waals surface area contributed by atoms with Crippen molar-refractivity contribution in [3.05, 3.63) is 83.9 Å². The molecule has 0 amide bonds. The Bertz CT molecular complexity index is 729. The van der Waals surface area contributed by atoms with Gasteiger partial charge in [-0.1, -0.05) is 66.7 Å². The molecule has 3 aromatic rings. The molecule has 1 unspecified atom stereocenters. The van der Waals surface area contributed by atoms with Crippen LogP contribution in [-0.2, 0) is 0 Å². The second-order valence-electron chi connectivity index (χ2n) is 4.97. The van der Waals surface area contributed by atoms with Gasteiger partial charge in [-0.25, -0.2) is 0 Å². The van der Waals surface area contributed by atoms with Crippen LogP contribution in [0.15, 0.2) is 77.8 Å². The summed E-state index contributed by atoms with van der Waals surface area (Å²) in [7, 11) is 0. The first kappa shape index (κ1) is 12.6. The third kappa shape index (κ3) is 2.77. The number of aliphatic imine (C=N–C) groups is 1. The summed E-state index contributed by atoms with van der Waals surface area (Å²) in [6.45, 7) is 2.13. The highest BCUT2D eigenvalue weighted by molar-refractivity contribution is 5.83. The minimum Gasteiger partial charge on any atom is -0.285 e. The maximum absolute atomic E-state index is 4.65. The zero-order valence-corrected chi connectivity index (χ0v) is 11.5. The summed E-state index contributed by atoms with van der Waals surface area (Å²) < 4.78 is 0. The molecular weight excluding hydrogens is 242 g/mol. The highest BCUT2D eigenvalue weighted by atomic mass is 14.8. The molecule has 0 aliphatic carbocycles. The third-order valence-corrected chi connectivity index (χ3v) is 3.50. The van der Waals surface area contributed by atoms with Gasteiger partial charge < -0.3 is 0 Å². The van der Waals surface area contributed by atoms with Crippen LogP contribution in [0.25, 0.3) is 10.8 Å². The summed E-state index contributed by atoms with van der Waals surface area (Å²) in [5.74, 6) is 0. The van der Waals surface area contributed by atoms with Crippen LogP contribution in [-0.4, -0.2) is 6.21 Å². The predicted molar refractivity (Wildman–Crippen MR) is 86.4 cm³/mol. The molecule has 3 aromatic carbocycles. The molecule has 1 heteroatoms. The van der Waals surface area contributed by atoms with Gasteiger partial charge in [0, 0.05) is 6.21 Å². The van der Waals surface area contributed by atoms with Gasteiger partial charge in [0.25, 0.3) is 0 Å². The molecule has 98 valence electrons. The van der Waals surface area contributed by atoms with E-state index in [1.807, 2.05) is 24.4 Å². The van der Waals surface area contributed by atoms with Crippen molar-refractivity contribution in [3.63, 3.8) is 0 Å². The molecule has 0 spiro atoms. The topological polar surface area (TPSA) is 12.4 Å². The summed E-state index contributed by atoms with van der Waals surface area (Å²) in [6.07, 6.45) is 1.94. The summed E-state index contributed by atoms with van der Waals surface area (Å²) in [4.78, 5) is 4.65. The molecule has 0 saturated heterocycles. The Morgan fingerprint density at radius 2 is 1.50 bits per heavy atom. The molecule has 0 aliphatic heterocycles. The lowest BCUT2D eigenvalue weighted by Gasteiger charge is -2.08. The van der Waals surface area contributed by atoms with Crippen LogP contribution in [0.3, 0.4) is 0 Å². The molecule has 0 aromatic heterocycles. The van der Waals surface area contributed by atoms with Crippen LogP contribution >= 0.6 is 0 Å². The van der Waals surface area contributed by atoms with Crippen LogP contribution in [0, 0.1) is 0 Å². The van der Waals surface area contributed by atoms with E-state index in [1.165, 1.54) is 16.3 Å². The van der Waals surface area contributed by atoms with E-state index in [4.69, 9.17) is 0 Å². The number of fused-ring (bicyclic) bond motifs is 1. The van der Waals surface area contributed by atoms with E-state index >= 15 is 0 Å². The highest BCUT2D eigenvalue weighted by Gasteiger charge is 2.03. The van der Waals surface area contributed by atoms with Crippen LogP contribution in [0.4, 0.5) is 0 Å². The fraction of sp³-hybridized carbons (Fsp3) is 0.105. The van der Waals surface area contributed by atoms with Gasteiger partial charge in [0.1, 0.15) is 0 Å². The molecule has 0 heterocycles. The molecular formula is C19H17N. The Morgan fingerprint density at radius 3 is 2.30 bits per heavy atom. The predicted octanol–water partition coefficient (Wildman–Crippen LogP) is 5.02. The van der Waals surface area contributed by atoms with Gasteiger partial charge in [0.05, 0.1) is 6.04 Å². The molecule has 3 rings (SSSR count). The molecule has 0 saturated carbocycles. The Labute approximate surface area is 119 Å². The molecule has 0 radical (unpaired) electrons. The number of rotatable bonds is 3. The number of hydrogen-bond donors (Lipinski definition) is 0. The van der Waals surface area contributed by atoms with Crippen molar-refractivity contribution in [2.75, 3.05) is 0 Å². The smallest absolute Gasteiger partial charge is 0.0721 e. The minimum absolute atomic E-state index is 0.166. The van der Waals surface area contributed by atoms with Crippen molar-refractivity contribution < 1.29 is 0 Å². The molecule has 0 N–H and O–H groups in total. The Hall–Kier alpha value is -2.41. The van der Waals surface area contributed by atoms with Crippen molar-refractivity contribution in [3.8, 4) is 0 Å². The molecule has 0 aliphatic rings. The van der Waals surface area contributed by atoms with Gasteiger partial charge in [-0.15, -0.1) is 0 Å². The average Bonchev–Trinajstić information content (AvgIpc) is 2.53. The first-order chi connectivity index (χ1) is 9.83. The van der Waals surface area contributed by atoms with Crippen molar-refractivity contribution >= 4 is 17.0 Å². The largest absolute Gasteiger partial charge is 0.285 e. The van der Waals surface area contributed by atoms with Crippen LogP contribution in [0.1, 0.15) is 24.1 Å². The number of hydrogen-bond acceptors (Lipinski definition) is 1. The molecule has 0 bridgehead atoms. The highest BCUT2D eigenvalue weighted by Crippen LogP contribution is 2.22. The van der Waals surface area contributed by atoms with Crippen molar-refractivity contribution in [1.29, 1.82) is 0 Å². The fourth-order valence-corrected chi connectivity index (χ4v) is 2.29. The van der Waals surface area contributed by atoms with Gasteiger partial charge in [-0.3, -0.25) is 4.99 Å². The van der Waals surface area contributed by atoms with Crippen molar-refractivity contribution in [2.24, 2.45) is 4.99 Å². The van der Waals surface area contributed by atoms with E-state index in [0.29, 0.717) is 0 Å². The van der Waals surface area contributed by atoms with Gasteiger partial charge in [0.15, 0.2) is 0 Å². The number of nitrogens with zero attached hydrogens (tertiary/aromatic N) is 1. The lowest BCUT2D eigenvalue weighted by atomic mass is 10.0. The first-order valence-electron chi connectivity index (χ1n) is 6.90. The van der Waals surface area contributed by atoms with Crippen molar-refractivity contribution in [2.45, 2.75) is 13.0 Å². The summed E-state index contributed by atoms with van der Waals surface area (Å²) in [5.41, 5.74) is 2.39. The second-order valence-corrected chi connectivity index (χ2v) is 4.97. The fourth-order valence-electron chi connectivity index (χ4n) is 2.29. The van der Waals surface area contributed by atoms with Crippen LogP contribution < -0.4 is 0 Å². The van der Waals surface area contributed by atoms with E-state index in [-0.39, 0.29) is 6.04 Å². The Kier molecular flexibility index (Phi) is 3.60. The van der Waals surface area contributed by atoms with Gasteiger partial charge in [-0.2, -0.15) is 0 Å². The van der Waals surface area contributed by atoms with E-state index in [2.05, 4.69) is 66.5 Å². The van der Waals surface area contributed by atoms with E-state index in [1.54, 1.807) is 0 Å². The zero-order valence-electron chi connectivity index (χ0n) is 11.5. The van der Waals surface area contributed by atoms with E-state index < -0.39 is 0 Å². The first-order valence-corrected chi connectivity index (χ1v) is 6.90. The maximum Gasteiger partial charge on any atom is 0.0721 e. The number of benzene rings is 3. The normalized spacial score (nSPS) is 12.8. The summed E-state index contributed by atoms with van der Waals surface area (Å²) in [5, 5.41) is 2.54. The van der Waals surface area contributed by atoms with Crippen molar-refractivity contribution in [1.82, 2.24) is 0 Å². The van der Waals surface area contributed by atoms with E-state index in [9.17, 15) is 0 Å². The quantitative estimate of drug-likeness (QED) is 0.586. The monoisotopic (exact) mass is 259 g/mol. The minimum atomic E-state index is 0.166. The van der Waals surface area contributed by atoms with Crippen LogP contribution in [0.5, 0.6) is 0 Å². The molecule has 1 nitrogen and oxygen atoms in total. The zero-order chi connectivity index (χ0) is 13.8. The van der Waals surface area contributed by atoms with Gasteiger partial charge in [-0.05, 0) is 34.9 Å². The standard InChI is InChI=1S/C19H17N/c1-15(20-14-16-7-3-2-4-8-16)18-12-11-17-9-5-6-10-19(17)13-18/h2-15H,1H3. The third-order valence-electron chi connectivity index (χ3n) is 3.50. The Morgan fingerprint density at radius 1 is 0.800 bits per heavy atom.